The van der Waals surface area contributed by atoms with E-state index in [-0.39, 0.29) is 62.5 Å². The molecule has 2 aliphatic heterocycles. The lowest BCUT2D eigenvalue weighted by molar-refractivity contribution is -0.385. The molecule has 428 valence electrons. The number of phenols is 1. The number of hydrogen-bond donors (Lipinski definition) is 5. The molecule has 10 atom stereocenters. The van der Waals surface area contributed by atoms with E-state index in [1.165, 1.54) is 56.0 Å². The van der Waals surface area contributed by atoms with Crippen LogP contribution in [-0.2, 0) is 61.4 Å². The maximum Gasteiger partial charge on any atom is 0.310 e. The van der Waals surface area contributed by atoms with Crippen molar-refractivity contribution in [3.05, 3.63) is 82.1 Å². The Morgan fingerprint density at radius 1 is 0.821 bits per heavy atom. The van der Waals surface area contributed by atoms with Gasteiger partial charge in [-0.25, -0.2) is 0 Å². The number of ether oxygens (including phenoxy) is 2. The van der Waals surface area contributed by atoms with Crippen LogP contribution in [0.3, 0.4) is 0 Å². The molecule has 2 aliphatic rings. The number of ketones is 1. The predicted molar refractivity (Wildman–Crippen MR) is 293 cm³/mol. The summed E-state index contributed by atoms with van der Waals surface area (Å²) in [7, 11) is 5.78. The topological polar surface area (TPSA) is 272 Å². The van der Waals surface area contributed by atoms with E-state index in [4.69, 9.17) is 9.47 Å². The Bertz CT molecular complexity index is 2700. The third kappa shape index (κ3) is 14.3. The molecule has 2 bridgehead atoms. The van der Waals surface area contributed by atoms with Gasteiger partial charge in [0.25, 0.3) is 0 Å². The molecular formula is C57H82N8O13. The van der Waals surface area contributed by atoms with Crippen LogP contribution < -0.4 is 16.0 Å². The number of aromatic hydroxyl groups is 1. The van der Waals surface area contributed by atoms with Gasteiger partial charge in [-0.2, -0.15) is 0 Å². The van der Waals surface area contributed by atoms with Crippen molar-refractivity contribution in [1.82, 2.24) is 35.2 Å². The number of amides is 6. The highest BCUT2D eigenvalue weighted by Gasteiger charge is 2.49. The minimum atomic E-state index is -1.43. The van der Waals surface area contributed by atoms with Gasteiger partial charge in [0, 0.05) is 76.2 Å². The van der Waals surface area contributed by atoms with E-state index in [1.54, 1.807) is 25.3 Å². The molecule has 21 nitrogen and oxygen atoms in total. The zero-order valence-electron chi connectivity index (χ0n) is 47.5. The number of nitro groups is 1. The molecule has 3 aromatic rings. The second-order valence-corrected chi connectivity index (χ2v) is 22.5. The van der Waals surface area contributed by atoms with E-state index in [1.807, 2.05) is 77.3 Å². The molecule has 0 aliphatic carbocycles. The monoisotopic (exact) mass is 1090 g/mol. The number of Topliss-reactive ketones (excluding diaryl/α,β-unsaturated/α-hetero) is 1. The number of aromatic nitrogens is 1. The second kappa shape index (κ2) is 26.8. The molecule has 0 spiro atoms. The zero-order valence-corrected chi connectivity index (χ0v) is 47.5. The standard InChI is InChI=1S/C57H82N8O13/c1-14-15-19-39-50(69)60-41(29-37-30-63(42-20-17-16-18-38(37)42)57(8,9)49(68)31-77-12)54(73)61(10)44(23-32(2)3)51(70)59-40(27-36-21-22-47(66)43(28-36)65(75)76)48(67)26-34(6)53(72)62(11)46-25-35(7)56(78-13)64(55(46)74)45(24-33(4)5)52(71)58-39/h14-18,20-22,28,30,32-35,39-41,44-46,49,56,66,68H,19,23-27,29,31H2,1-13H3,(H,58,71)(H,59,70)(H,60,69)/b15-14+/t34-,35?,39+,40+,41+,44+,45+,46+,49-,56-/m1/s1. The van der Waals surface area contributed by atoms with Crippen LogP contribution in [0, 0.1) is 33.8 Å². The first-order valence-corrected chi connectivity index (χ1v) is 26.8. The molecule has 0 radical (unpaired) electrons. The number of piperidine rings is 1. The van der Waals surface area contributed by atoms with Crippen molar-refractivity contribution in [3.8, 4) is 5.75 Å². The number of fused-ring (bicyclic) bond motifs is 3. The average Bonchev–Trinajstić information content (AvgIpc) is 3.90. The molecule has 2 saturated heterocycles. The van der Waals surface area contributed by atoms with Gasteiger partial charge in [-0.3, -0.25) is 43.7 Å². The van der Waals surface area contributed by atoms with Gasteiger partial charge in [-0.15, -0.1) is 0 Å². The Balaban J connectivity index is 1.74. The first kappa shape index (κ1) is 62.1. The highest BCUT2D eigenvalue weighted by molar-refractivity contribution is 5.99. The highest BCUT2D eigenvalue weighted by atomic mass is 16.6. The average molecular weight is 1090 g/mol. The normalized spacial score (nSPS) is 25.4. The van der Waals surface area contributed by atoms with Crippen LogP contribution in [0.4, 0.5) is 5.69 Å². The molecule has 6 amide bonds. The van der Waals surface area contributed by atoms with Crippen LogP contribution in [-0.4, -0.2) is 159 Å². The summed E-state index contributed by atoms with van der Waals surface area (Å²) in [4.78, 5) is 120. The van der Waals surface area contributed by atoms with Crippen molar-refractivity contribution >= 4 is 57.8 Å². The van der Waals surface area contributed by atoms with E-state index in [2.05, 4.69) is 16.0 Å². The van der Waals surface area contributed by atoms with Gasteiger partial charge in [0.05, 0.1) is 23.1 Å². The molecule has 78 heavy (non-hydrogen) atoms. The number of carbonyl (C=O) groups excluding carboxylic acids is 7. The van der Waals surface area contributed by atoms with Crippen LogP contribution in [0.2, 0.25) is 0 Å². The summed E-state index contributed by atoms with van der Waals surface area (Å²) in [6, 6.07) is 3.21. The Kier molecular flexibility index (Phi) is 21.3. The SMILES string of the molecule is C/C=C/C[C@@H]1NC(=O)[C@H](CC(C)C)N2C(=O)[C@H](CC(C)[C@H]2OC)N(C)C(=O)[C@H](C)CC(=O)[C@H](Cc2ccc(O)c([N+](=O)[O-])c2)NC(=O)[C@H](CC(C)C)N(C)C(=O)[C@H](Cc2cn(C(C)(C)[C@H](O)COC)c3ccccc23)NC1=O. The third-order valence-electron chi connectivity index (χ3n) is 15.2. The summed E-state index contributed by atoms with van der Waals surface area (Å²) in [5.74, 6) is -7.21. The quantitative estimate of drug-likeness (QED) is 0.0736. The number of allylic oxidation sites excluding steroid dienone is 1. The first-order valence-electron chi connectivity index (χ1n) is 26.8. The summed E-state index contributed by atoms with van der Waals surface area (Å²) in [5, 5.41) is 43.0. The van der Waals surface area contributed by atoms with Gasteiger partial charge < -0.3 is 54.9 Å². The highest BCUT2D eigenvalue weighted by Crippen LogP contribution is 2.34. The summed E-state index contributed by atoms with van der Waals surface area (Å²) >= 11 is 0. The Hall–Kier alpha value is -6.71. The smallest absolute Gasteiger partial charge is 0.310 e. The van der Waals surface area contributed by atoms with E-state index < -0.39 is 130 Å². The maximum absolute atomic E-state index is 15.5. The number of para-hydroxylation sites is 1. The minimum Gasteiger partial charge on any atom is -0.502 e. The fraction of sp³-hybridized carbons (Fsp3) is 0.596. The third-order valence-corrected chi connectivity index (χ3v) is 15.2. The van der Waals surface area contributed by atoms with Gasteiger partial charge >= 0.3 is 5.69 Å². The number of benzene rings is 2. The van der Waals surface area contributed by atoms with Crippen molar-refractivity contribution in [2.24, 2.45) is 23.7 Å². The maximum atomic E-state index is 15.5. The zero-order chi connectivity index (χ0) is 58.1. The van der Waals surface area contributed by atoms with Crippen molar-refractivity contribution < 1.29 is 58.2 Å². The van der Waals surface area contributed by atoms with Crippen LogP contribution in [0.1, 0.15) is 106 Å². The number of phenolic OH excluding ortho intramolecular Hbond substituents is 1. The van der Waals surface area contributed by atoms with Crippen LogP contribution in [0.25, 0.3) is 10.9 Å². The number of nitrogens with zero attached hydrogens (tertiary/aromatic N) is 5. The lowest BCUT2D eigenvalue weighted by Gasteiger charge is -2.48. The number of carbonyl (C=O) groups is 7. The Morgan fingerprint density at radius 2 is 1.44 bits per heavy atom. The fourth-order valence-corrected chi connectivity index (χ4v) is 10.7. The molecular weight excluding hydrogens is 1000 g/mol. The van der Waals surface area contributed by atoms with Gasteiger partial charge in [0.2, 0.25) is 35.4 Å². The van der Waals surface area contributed by atoms with Crippen molar-refractivity contribution in [1.29, 1.82) is 0 Å². The number of aliphatic hydroxyl groups excluding tert-OH is 1. The van der Waals surface area contributed by atoms with Crippen molar-refractivity contribution in [2.75, 3.05) is 34.9 Å². The molecule has 1 aromatic heterocycles. The summed E-state index contributed by atoms with van der Waals surface area (Å²) in [5.41, 5.74) is -0.0762. The summed E-state index contributed by atoms with van der Waals surface area (Å²) < 4.78 is 13.2. The van der Waals surface area contributed by atoms with Crippen molar-refractivity contribution in [2.45, 2.75) is 161 Å². The number of likely N-dealkylation sites (N-methyl/N-ethyl adjacent to an activating group) is 2. The Morgan fingerprint density at radius 3 is 2.05 bits per heavy atom. The van der Waals surface area contributed by atoms with Gasteiger partial charge in [0.1, 0.15) is 42.5 Å². The van der Waals surface area contributed by atoms with E-state index in [0.717, 1.165) is 12.1 Å². The van der Waals surface area contributed by atoms with Crippen LogP contribution in [0.15, 0.2) is 60.8 Å². The number of nitro benzene ring substituents is 1. The molecule has 5 N–H and O–H groups in total. The van der Waals surface area contributed by atoms with E-state index >= 15 is 9.59 Å². The number of methoxy groups -OCH3 is 2. The fourth-order valence-electron chi connectivity index (χ4n) is 10.7. The largest absolute Gasteiger partial charge is 0.502 e. The summed E-state index contributed by atoms with van der Waals surface area (Å²) in [6.45, 7) is 16.3. The van der Waals surface area contributed by atoms with Gasteiger partial charge in [-0.05, 0) is 88.0 Å². The van der Waals surface area contributed by atoms with Crippen LogP contribution >= 0.6 is 0 Å². The van der Waals surface area contributed by atoms with Gasteiger partial charge in [0.15, 0.2) is 11.5 Å². The Labute approximate surface area is 457 Å². The number of rotatable bonds is 16. The number of aliphatic hydroxyl groups is 1. The number of hydrogen-bond acceptors (Lipinski definition) is 13. The lowest BCUT2D eigenvalue weighted by atomic mass is 9.88. The van der Waals surface area contributed by atoms with Crippen molar-refractivity contribution in [3.63, 3.8) is 0 Å². The molecule has 2 aromatic carbocycles. The lowest BCUT2D eigenvalue weighted by Crippen LogP contribution is -2.66. The molecule has 2 fully saturated rings. The molecule has 1 unspecified atom stereocenters. The molecule has 21 heteroatoms. The summed E-state index contributed by atoms with van der Waals surface area (Å²) in [6.07, 6.45) is 2.70. The molecule has 0 saturated carbocycles. The minimum absolute atomic E-state index is 0.0145. The first-order chi connectivity index (χ1) is 36.7. The molecule has 3 heterocycles. The van der Waals surface area contributed by atoms with Gasteiger partial charge in [-0.1, -0.05) is 78.0 Å². The number of nitrogens with one attached hydrogen (secondary N) is 3. The van der Waals surface area contributed by atoms with E-state index in [9.17, 15) is 44.3 Å². The predicted octanol–water partition coefficient (Wildman–Crippen LogP) is 4.77. The van der Waals surface area contributed by atoms with Crippen LogP contribution in [0.5, 0.6) is 5.75 Å². The second-order valence-electron chi connectivity index (χ2n) is 22.5. The molecule has 5 rings (SSSR count). The van der Waals surface area contributed by atoms with E-state index in [0.29, 0.717) is 16.5 Å².